The first-order valence-electron chi connectivity index (χ1n) is 3.60. The molecule has 13 heavy (non-hydrogen) atoms. The lowest BCUT2D eigenvalue weighted by Gasteiger charge is -2.02. The number of carbonyl (C=O) groups excluding carboxylic acids is 1. The van der Waals surface area contributed by atoms with Gasteiger partial charge in [-0.2, -0.15) is 0 Å². The highest BCUT2D eigenvalue weighted by atomic mass is 35.5. The van der Waals surface area contributed by atoms with Crippen LogP contribution in [0.1, 0.15) is 17.3 Å². The predicted molar refractivity (Wildman–Crippen MR) is 47.4 cm³/mol. The van der Waals surface area contributed by atoms with Gasteiger partial charge in [-0.25, -0.2) is 14.8 Å². The minimum absolute atomic E-state index is 0.00514. The summed E-state index contributed by atoms with van der Waals surface area (Å²) < 4.78 is 4.71. The van der Waals surface area contributed by atoms with Crippen molar-refractivity contribution in [2.75, 3.05) is 12.3 Å². The molecule has 0 fully saturated rings. The summed E-state index contributed by atoms with van der Waals surface area (Å²) in [6.45, 7) is 1.98. The van der Waals surface area contributed by atoms with Crippen molar-refractivity contribution in [3.05, 3.63) is 17.0 Å². The number of nitrogen functional groups attached to an aromatic ring is 1. The molecule has 0 spiro atoms. The van der Waals surface area contributed by atoms with Crippen LogP contribution in [0.25, 0.3) is 0 Å². The maximum absolute atomic E-state index is 11.2. The second-order valence-corrected chi connectivity index (χ2v) is 2.50. The number of nitrogens with zero attached hydrogens (tertiary/aromatic N) is 2. The van der Waals surface area contributed by atoms with E-state index in [1.807, 2.05) is 0 Å². The van der Waals surface area contributed by atoms with Crippen LogP contribution in [0.4, 0.5) is 5.82 Å². The molecule has 0 atom stereocenters. The molecule has 0 unspecified atom stereocenters. The van der Waals surface area contributed by atoms with Gasteiger partial charge in [-0.05, 0) is 18.5 Å². The third-order valence-electron chi connectivity index (χ3n) is 1.28. The van der Waals surface area contributed by atoms with E-state index in [1.54, 1.807) is 6.92 Å². The summed E-state index contributed by atoms with van der Waals surface area (Å²) in [6.07, 6.45) is 1.24. The van der Waals surface area contributed by atoms with Gasteiger partial charge in [0.15, 0.2) is 0 Å². The first-order chi connectivity index (χ1) is 6.15. The lowest BCUT2D eigenvalue weighted by atomic mass is 10.3. The summed E-state index contributed by atoms with van der Waals surface area (Å²) in [5.41, 5.74) is 5.55. The van der Waals surface area contributed by atoms with Gasteiger partial charge in [-0.1, -0.05) is 0 Å². The van der Waals surface area contributed by atoms with E-state index in [0.29, 0.717) is 0 Å². The van der Waals surface area contributed by atoms with Gasteiger partial charge in [0.05, 0.1) is 6.61 Å². The third kappa shape index (κ3) is 2.29. The second-order valence-electron chi connectivity index (χ2n) is 2.16. The first kappa shape index (κ1) is 9.73. The molecule has 70 valence electrons. The SMILES string of the molecule is CCOC(=O)c1cnc(Cl)nc1N. The molecule has 1 heterocycles. The van der Waals surface area contributed by atoms with Crippen molar-refractivity contribution in [1.29, 1.82) is 0 Å². The van der Waals surface area contributed by atoms with Crippen LogP contribution in [0.5, 0.6) is 0 Å². The monoisotopic (exact) mass is 201 g/mol. The van der Waals surface area contributed by atoms with Crippen molar-refractivity contribution >= 4 is 23.4 Å². The number of aromatic nitrogens is 2. The number of ether oxygens (including phenoxy) is 1. The summed E-state index contributed by atoms with van der Waals surface area (Å²) in [4.78, 5) is 18.4. The second kappa shape index (κ2) is 4.04. The molecule has 0 amide bonds. The summed E-state index contributed by atoms with van der Waals surface area (Å²) in [6, 6.07) is 0. The van der Waals surface area contributed by atoms with E-state index in [0.717, 1.165) is 0 Å². The highest BCUT2D eigenvalue weighted by molar-refractivity contribution is 6.28. The summed E-state index contributed by atoms with van der Waals surface area (Å²) in [5, 5.41) is 0.00514. The highest BCUT2D eigenvalue weighted by Gasteiger charge is 2.12. The molecular formula is C7H8ClN3O2. The van der Waals surface area contributed by atoms with E-state index < -0.39 is 5.97 Å². The highest BCUT2D eigenvalue weighted by Crippen LogP contribution is 2.11. The number of hydrogen-bond donors (Lipinski definition) is 1. The lowest BCUT2D eigenvalue weighted by Crippen LogP contribution is -2.10. The summed E-state index contributed by atoms with van der Waals surface area (Å²) >= 11 is 5.44. The number of hydrogen-bond acceptors (Lipinski definition) is 5. The van der Waals surface area contributed by atoms with Gasteiger partial charge in [0.25, 0.3) is 0 Å². The molecule has 0 aliphatic heterocycles. The van der Waals surface area contributed by atoms with E-state index in [9.17, 15) is 4.79 Å². The van der Waals surface area contributed by atoms with Crippen LogP contribution in [-0.4, -0.2) is 22.5 Å². The zero-order valence-electron chi connectivity index (χ0n) is 6.95. The van der Waals surface area contributed by atoms with Crippen LogP contribution in [-0.2, 0) is 4.74 Å². The molecular weight excluding hydrogens is 194 g/mol. The van der Waals surface area contributed by atoms with Crippen molar-refractivity contribution in [3.8, 4) is 0 Å². The molecule has 0 aliphatic carbocycles. The zero-order chi connectivity index (χ0) is 9.84. The smallest absolute Gasteiger partial charge is 0.343 e. The van der Waals surface area contributed by atoms with Crippen LogP contribution in [0.3, 0.4) is 0 Å². The Morgan fingerprint density at radius 3 is 3.00 bits per heavy atom. The number of esters is 1. The molecule has 0 saturated heterocycles. The predicted octanol–water partition coefficient (Wildman–Crippen LogP) is 0.889. The summed E-state index contributed by atoms with van der Waals surface area (Å²) in [7, 11) is 0. The molecule has 0 aromatic carbocycles. The minimum Gasteiger partial charge on any atom is -0.462 e. The van der Waals surface area contributed by atoms with Crippen LogP contribution < -0.4 is 5.73 Å². The van der Waals surface area contributed by atoms with Crippen molar-refractivity contribution in [1.82, 2.24) is 9.97 Å². The van der Waals surface area contributed by atoms with E-state index in [2.05, 4.69) is 9.97 Å². The molecule has 0 saturated carbocycles. The van der Waals surface area contributed by atoms with Gasteiger partial charge in [0.2, 0.25) is 5.28 Å². The van der Waals surface area contributed by atoms with Crippen LogP contribution >= 0.6 is 11.6 Å². The molecule has 0 radical (unpaired) electrons. The van der Waals surface area contributed by atoms with E-state index in [-0.39, 0.29) is 23.3 Å². The third-order valence-corrected chi connectivity index (χ3v) is 1.47. The molecule has 2 N–H and O–H groups in total. The Kier molecular flexibility index (Phi) is 3.02. The quantitative estimate of drug-likeness (QED) is 0.568. The van der Waals surface area contributed by atoms with Gasteiger partial charge in [-0.15, -0.1) is 0 Å². The van der Waals surface area contributed by atoms with Crippen molar-refractivity contribution in [2.24, 2.45) is 0 Å². The standard InChI is InChI=1S/C7H8ClN3O2/c1-2-13-6(12)4-3-10-7(8)11-5(4)9/h3H,2H2,1H3,(H2,9,10,11). The average Bonchev–Trinajstić information content (AvgIpc) is 2.04. The number of carbonyl (C=O) groups is 1. The van der Waals surface area contributed by atoms with Gasteiger partial charge < -0.3 is 10.5 Å². The van der Waals surface area contributed by atoms with Gasteiger partial charge in [0, 0.05) is 6.20 Å². The Morgan fingerprint density at radius 2 is 2.46 bits per heavy atom. The minimum atomic E-state index is -0.545. The van der Waals surface area contributed by atoms with Gasteiger partial charge in [0.1, 0.15) is 11.4 Å². The Balaban J connectivity index is 2.95. The molecule has 1 rings (SSSR count). The Labute approximate surface area is 79.9 Å². The number of halogens is 1. The topological polar surface area (TPSA) is 78.1 Å². The zero-order valence-corrected chi connectivity index (χ0v) is 7.71. The van der Waals surface area contributed by atoms with Crippen LogP contribution in [0.15, 0.2) is 6.20 Å². The molecule has 1 aromatic heterocycles. The van der Waals surface area contributed by atoms with Crippen LogP contribution in [0, 0.1) is 0 Å². The fourth-order valence-electron chi connectivity index (χ4n) is 0.739. The maximum atomic E-state index is 11.2. The van der Waals surface area contributed by atoms with E-state index >= 15 is 0 Å². The van der Waals surface area contributed by atoms with Gasteiger partial charge in [-0.3, -0.25) is 0 Å². The Morgan fingerprint density at radius 1 is 1.77 bits per heavy atom. The molecule has 0 bridgehead atoms. The van der Waals surface area contributed by atoms with Crippen LogP contribution in [0.2, 0.25) is 5.28 Å². The fourth-order valence-corrected chi connectivity index (χ4v) is 0.878. The number of rotatable bonds is 2. The lowest BCUT2D eigenvalue weighted by molar-refractivity contribution is 0.0527. The number of nitrogens with two attached hydrogens (primary N) is 1. The fraction of sp³-hybridized carbons (Fsp3) is 0.286. The Bertz CT molecular complexity index is 330. The molecule has 5 nitrogen and oxygen atoms in total. The molecule has 1 aromatic rings. The number of anilines is 1. The van der Waals surface area contributed by atoms with E-state index in [4.69, 9.17) is 22.1 Å². The largest absolute Gasteiger partial charge is 0.462 e. The van der Waals surface area contributed by atoms with E-state index in [1.165, 1.54) is 6.20 Å². The maximum Gasteiger partial charge on any atom is 0.343 e. The first-order valence-corrected chi connectivity index (χ1v) is 3.98. The van der Waals surface area contributed by atoms with Gasteiger partial charge >= 0.3 is 5.97 Å². The summed E-state index contributed by atoms with van der Waals surface area (Å²) in [5.74, 6) is -0.518. The average molecular weight is 202 g/mol. The van der Waals surface area contributed by atoms with Crippen molar-refractivity contribution in [3.63, 3.8) is 0 Å². The van der Waals surface area contributed by atoms with Crippen molar-refractivity contribution < 1.29 is 9.53 Å². The normalized spacial score (nSPS) is 9.69. The molecule has 0 aliphatic rings. The molecule has 6 heteroatoms. The Hall–Kier alpha value is -1.36. The van der Waals surface area contributed by atoms with Crippen molar-refractivity contribution in [2.45, 2.75) is 6.92 Å².